The van der Waals surface area contributed by atoms with Gasteiger partial charge in [-0.2, -0.15) is 0 Å². The van der Waals surface area contributed by atoms with Crippen molar-refractivity contribution in [3.63, 3.8) is 0 Å². The summed E-state index contributed by atoms with van der Waals surface area (Å²) in [6.07, 6.45) is 10.3. The Labute approximate surface area is 177 Å². The molecule has 3 aliphatic rings. The Balaban J connectivity index is 1.41. The predicted octanol–water partition coefficient (Wildman–Crippen LogP) is 3.96. The standard InChI is InChI=1S/C25H28N2O3/c1-3-4-7-12-29-25(28)21-15-30-16(2)20-14-27-11-10-18-17-8-5-6-9-22(17)26-24(18)23(27)13-19(20)21/h1,5-6,8-9,15-16,19-20,23,26H,4,7,10-14H2,2H3/t16-,19-,20+,23-/m0/s1. The largest absolute Gasteiger partial charge is 0.497 e. The molecule has 0 spiro atoms. The summed E-state index contributed by atoms with van der Waals surface area (Å²) >= 11 is 0. The normalized spacial score (nSPS) is 27.8. The van der Waals surface area contributed by atoms with Crippen LogP contribution in [0.15, 0.2) is 36.1 Å². The number of hydrogen-bond acceptors (Lipinski definition) is 4. The Morgan fingerprint density at radius 3 is 3.13 bits per heavy atom. The van der Waals surface area contributed by atoms with Crippen molar-refractivity contribution in [2.75, 3.05) is 19.7 Å². The van der Waals surface area contributed by atoms with E-state index in [1.165, 1.54) is 22.2 Å². The first-order valence-electron chi connectivity index (χ1n) is 11.0. The molecule has 1 N–H and O–H groups in total. The minimum Gasteiger partial charge on any atom is -0.497 e. The molecule has 5 rings (SSSR count). The average Bonchev–Trinajstić information content (AvgIpc) is 3.15. The Morgan fingerprint density at radius 2 is 2.27 bits per heavy atom. The second-order valence-electron chi connectivity index (χ2n) is 8.69. The van der Waals surface area contributed by atoms with Crippen LogP contribution in [0.25, 0.3) is 10.9 Å². The van der Waals surface area contributed by atoms with Gasteiger partial charge in [0.25, 0.3) is 0 Å². The molecule has 1 saturated heterocycles. The lowest BCUT2D eigenvalue weighted by Gasteiger charge is -2.49. The number of hydrogen-bond donors (Lipinski definition) is 1. The lowest BCUT2D eigenvalue weighted by Crippen LogP contribution is -2.51. The third-order valence-electron chi connectivity index (χ3n) is 7.06. The van der Waals surface area contributed by atoms with Gasteiger partial charge < -0.3 is 14.5 Å². The maximum atomic E-state index is 12.8. The first-order chi connectivity index (χ1) is 14.7. The zero-order valence-corrected chi connectivity index (χ0v) is 17.4. The quantitative estimate of drug-likeness (QED) is 0.476. The third kappa shape index (κ3) is 3.20. The average molecular weight is 405 g/mol. The molecule has 1 aromatic heterocycles. The number of fused-ring (bicyclic) bond motifs is 6. The van der Waals surface area contributed by atoms with Crippen LogP contribution in [-0.4, -0.2) is 41.7 Å². The molecule has 4 atom stereocenters. The third-order valence-corrected chi connectivity index (χ3v) is 7.06. The van der Waals surface area contributed by atoms with Crippen LogP contribution in [-0.2, 0) is 20.7 Å². The number of aromatic nitrogens is 1. The molecule has 0 radical (unpaired) electrons. The van der Waals surface area contributed by atoms with Gasteiger partial charge in [-0.1, -0.05) is 18.2 Å². The van der Waals surface area contributed by atoms with Gasteiger partial charge in [0.1, 0.15) is 0 Å². The summed E-state index contributed by atoms with van der Waals surface area (Å²) in [5.41, 5.74) is 4.65. The molecule has 0 saturated carbocycles. The minimum atomic E-state index is -0.255. The van der Waals surface area contributed by atoms with Crippen LogP contribution in [0.2, 0.25) is 0 Å². The van der Waals surface area contributed by atoms with Crippen LogP contribution in [0.3, 0.4) is 0 Å². The van der Waals surface area contributed by atoms with Crippen molar-refractivity contribution in [1.29, 1.82) is 0 Å². The number of benzene rings is 1. The number of esters is 1. The fourth-order valence-electron chi connectivity index (χ4n) is 5.49. The van der Waals surface area contributed by atoms with Crippen molar-refractivity contribution in [3.05, 3.63) is 47.4 Å². The summed E-state index contributed by atoms with van der Waals surface area (Å²) in [4.78, 5) is 19.1. The lowest BCUT2D eigenvalue weighted by molar-refractivity contribution is -0.142. The summed E-state index contributed by atoms with van der Waals surface area (Å²) in [7, 11) is 0. The van der Waals surface area contributed by atoms with E-state index in [4.69, 9.17) is 15.9 Å². The molecule has 2 aromatic rings. The molecule has 0 aliphatic carbocycles. The SMILES string of the molecule is C#CCCCOC(=O)C1=CO[C@@H](C)[C@H]2CN3CCc4c([nH]c5ccccc45)[C@@H]3C[C@H]12. The van der Waals surface area contributed by atoms with Gasteiger partial charge in [-0.3, -0.25) is 4.90 Å². The molecule has 0 unspecified atom stereocenters. The summed E-state index contributed by atoms with van der Waals surface area (Å²) < 4.78 is 11.4. The molecule has 0 bridgehead atoms. The topological polar surface area (TPSA) is 54.6 Å². The Morgan fingerprint density at radius 1 is 1.40 bits per heavy atom. The van der Waals surface area contributed by atoms with Crippen LogP contribution < -0.4 is 0 Å². The maximum absolute atomic E-state index is 12.8. The van der Waals surface area contributed by atoms with E-state index in [9.17, 15) is 4.79 Å². The summed E-state index contributed by atoms with van der Waals surface area (Å²) in [5.74, 6) is 2.77. The highest BCUT2D eigenvalue weighted by molar-refractivity contribution is 5.89. The fraction of sp³-hybridized carbons (Fsp3) is 0.480. The van der Waals surface area contributed by atoms with Gasteiger partial charge in [0.05, 0.1) is 30.6 Å². The molecule has 3 aliphatic heterocycles. The van der Waals surface area contributed by atoms with Crippen LogP contribution >= 0.6 is 0 Å². The van der Waals surface area contributed by atoms with Crippen LogP contribution in [0.1, 0.15) is 43.5 Å². The van der Waals surface area contributed by atoms with Crippen molar-refractivity contribution in [1.82, 2.24) is 9.88 Å². The van der Waals surface area contributed by atoms with Crippen molar-refractivity contribution in [2.24, 2.45) is 11.8 Å². The van der Waals surface area contributed by atoms with Crippen molar-refractivity contribution in [3.8, 4) is 12.3 Å². The number of H-pyrrole nitrogens is 1. The first-order valence-corrected chi connectivity index (χ1v) is 11.0. The van der Waals surface area contributed by atoms with Gasteiger partial charge in [-0.05, 0) is 37.8 Å². The lowest BCUT2D eigenvalue weighted by atomic mass is 9.72. The van der Waals surface area contributed by atoms with Crippen LogP contribution in [0.5, 0.6) is 0 Å². The monoisotopic (exact) mass is 404 g/mol. The zero-order valence-electron chi connectivity index (χ0n) is 17.4. The number of carbonyl (C=O) groups is 1. The number of piperidine rings is 1. The van der Waals surface area contributed by atoms with Crippen molar-refractivity contribution < 1.29 is 14.3 Å². The fourth-order valence-corrected chi connectivity index (χ4v) is 5.49. The number of ether oxygens (including phenoxy) is 2. The number of terminal acetylenes is 1. The zero-order chi connectivity index (χ0) is 20.7. The summed E-state index contributed by atoms with van der Waals surface area (Å²) in [6.45, 7) is 4.45. The van der Waals surface area contributed by atoms with Crippen LogP contribution in [0, 0.1) is 24.2 Å². The molecule has 0 amide bonds. The van der Waals surface area contributed by atoms with Gasteiger partial charge in [-0.15, -0.1) is 12.3 Å². The predicted molar refractivity (Wildman–Crippen MR) is 116 cm³/mol. The molecule has 30 heavy (non-hydrogen) atoms. The van der Waals surface area contributed by atoms with E-state index in [2.05, 4.69) is 47.0 Å². The molecule has 156 valence electrons. The van der Waals surface area contributed by atoms with E-state index in [1.807, 2.05) is 0 Å². The number of nitrogens with one attached hydrogen (secondary N) is 1. The molecular weight excluding hydrogens is 376 g/mol. The van der Waals surface area contributed by atoms with Gasteiger partial charge in [0.2, 0.25) is 0 Å². The Hall–Kier alpha value is -2.71. The Kier molecular flexibility index (Phi) is 5.04. The van der Waals surface area contributed by atoms with E-state index in [0.717, 1.165) is 25.9 Å². The summed E-state index contributed by atoms with van der Waals surface area (Å²) in [5, 5.41) is 1.33. The molecule has 5 nitrogen and oxygen atoms in total. The Bertz CT molecular complexity index is 1030. The number of para-hydroxylation sites is 1. The summed E-state index contributed by atoms with van der Waals surface area (Å²) in [6, 6.07) is 8.85. The molecular formula is C25H28N2O3. The maximum Gasteiger partial charge on any atom is 0.337 e. The van der Waals surface area contributed by atoms with E-state index < -0.39 is 0 Å². The first kappa shape index (κ1) is 19.3. The highest BCUT2D eigenvalue weighted by Crippen LogP contribution is 2.47. The minimum absolute atomic E-state index is 0.0954. The number of nitrogens with zero attached hydrogens (tertiary/aromatic N) is 1. The van der Waals surface area contributed by atoms with Gasteiger partial charge in [0, 0.05) is 47.9 Å². The second kappa shape index (κ2) is 7.85. The molecule has 4 heterocycles. The van der Waals surface area contributed by atoms with E-state index in [1.54, 1.807) is 6.26 Å². The highest BCUT2D eigenvalue weighted by Gasteiger charge is 2.47. The number of aromatic amines is 1. The van der Waals surface area contributed by atoms with Crippen LogP contribution in [0.4, 0.5) is 0 Å². The van der Waals surface area contributed by atoms with E-state index in [0.29, 0.717) is 37.0 Å². The van der Waals surface area contributed by atoms with E-state index in [-0.39, 0.29) is 18.0 Å². The number of unbranched alkanes of at least 4 members (excludes halogenated alkanes) is 1. The van der Waals surface area contributed by atoms with Gasteiger partial charge in [0.15, 0.2) is 0 Å². The van der Waals surface area contributed by atoms with Crippen molar-refractivity contribution in [2.45, 2.75) is 44.8 Å². The number of carbonyl (C=O) groups excluding carboxylic acids is 1. The molecule has 1 aromatic carbocycles. The van der Waals surface area contributed by atoms with Crippen molar-refractivity contribution >= 4 is 16.9 Å². The molecule has 5 heteroatoms. The van der Waals surface area contributed by atoms with Gasteiger partial charge in [-0.25, -0.2) is 4.79 Å². The number of rotatable bonds is 4. The van der Waals surface area contributed by atoms with Gasteiger partial charge >= 0.3 is 5.97 Å². The highest BCUT2D eigenvalue weighted by atomic mass is 16.5. The molecule has 1 fully saturated rings. The second-order valence-corrected chi connectivity index (χ2v) is 8.69. The smallest absolute Gasteiger partial charge is 0.337 e. The van der Waals surface area contributed by atoms with E-state index >= 15 is 0 Å².